The third-order valence-corrected chi connectivity index (χ3v) is 2.20. The number of hydrogen-bond acceptors (Lipinski definition) is 1. The number of nitrogens with one attached hydrogen (secondary N) is 1. The Morgan fingerprint density at radius 1 is 1.73 bits per heavy atom. The number of H-pyrrole nitrogens is 1. The predicted octanol–water partition coefficient (Wildman–Crippen LogP) is 0.603. The number of hydrogen-bond donors (Lipinski definition) is 2. The molecule has 1 aliphatic carbocycles. The number of aryl methyl sites for hydroxylation is 1. The standard InChI is InChI=1S/C8H13N3/c1-6-10-8(9)5-11(6)4-7-2-3-7/h5,7H,2-4,9H2,1H3/p+1. The summed E-state index contributed by atoms with van der Waals surface area (Å²) in [5.74, 6) is 2.84. The van der Waals surface area contributed by atoms with Crippen LogP contribution in [0.3, 0.4) is 0 Å². The molecule has 0 aliphatic heterocycles. The first-order valence-electron chi connectivity index (χ1n) is 4.10. The van der Waals surface area contributed by atoms with Gasteiger partial charge in [0.1, 0.15) is 0 Å². The van der Waals surface area contributed by atoms with Crippen LogP contribution >= 0.6 is 0 Å². The van der Waals surface area contributed by atoms with Crippen LogP contribution < -0.4 is 10.3 Å². The lowest BCUT2D eigenvalue weighted by Gasteiger charge is -1.92. The van der Waals surface area contributed by atoms with E-state index in [1.807, 2.05) is 6.20 Å². The van der Waals surface area contributed by atoms with Gasteiger partial charge in [0, 0.05) is 6.92 Å². The van der Waals surface area contributed by atoms with Crippen molar-refractivity contribution in [2.24, 2.45) is 5.92 Å². The second-order valence-electron chi connectivity index (χ2n) is 3.39. The van der Waals surface area contributed by atoms with Crippen LogP contribution in [0.15, 0.2) is 6.20 Å². The van der Waals surface area contributed by atoms with E-state index in [-0.39, 0.29) is 0 Å². The van der Waals surface area contributed by atoms with Crippen molar-refractivity contribution in [1.29, 1.82) is 0 Å². The Morgan fingerprint density at radius 3 is 2.91 bits per heavy atom. The normalized spacial score (nSPS) is 17.2. The summed E-state index contributed by atoms with van der Waals surface area (Å²) in [6.07, 6.45) is 4.75. The first kappa shape index (κ1) is 6.70. The minimum atomic E-state index is 0.767. The van der Waals surface area contributed by atoms with Gasteiger partial charge in [0.05, 0.1) is 6.54 Å². The molecule has 1 saturated carbocycles. The molecule has 60 valence electrons. The van der Waals surface area contributed by atoms with E-state index in [2.05, 4.69) is 16.5 Å². The van der Waals surface area contributed by atoms with E-state index in [9.17, 15) is 0 Å². The highest BCUT2D eigenvalue weighted by Crippen LogP contribution is 2.28. The average Bonchev–Trinajstić information content (AvgIpc) is 2.64. The summed E-state index contributed by atoms with van der Waals surface area (Å²) in [7, 11) is 0. The van der Waals surface area contributed by atoms with E-state index in [1.54, 1.807) is 0 Å². The quantitative estimate of drug-likeness (QED) is 0.599. The maximum Gasteiger partial charge on any atom is 0.252 e. The first-order valence-corrected chi connectivity index (χ1v) is 4.10. The molecular weight excluding hydrogens is 138 g/mol. The molecule has 2 rings (SSSR count). The van der Waals surface area contributed by atoms with Crippen LogP contribution in [-0.2, 0) is 6.54 Å². The molecule has 0 amide bonds. The molecule has 0 aromatic carbocycles. The first-order chi connectivity index (χ1) is 5.25. The third-order valence-electron chi connectivity index (χ3n) is 2.20. The fraction of sp³-hybridized carbons (Fsp3) is 0.625. The molecular formula is C8H14N3+. The van der Waals surface area contributed by atoms with Crippen LogP contribution in [-0.4, -0.2) is 4.98 Å². The third kappa shape index (κ3) is 1.37. The van der Waals surface area contributed by atoms with Gasteiger partial charge >= 0.3 is 0 Å². The molecule has 0 unspecified atom stereocenters. The molecule has 0 bridgehead atoms. The molecule has 1 fully saturated rings. The van der Waals surface area contributed by atoms with Crippen LogP contribution in [0.4, 0.5) is 5.82 Å². The predicted molar refractivity (Wildman–Crippen MR) is 42.9 cm³/mol. The SMILES string of the molecule is Cc1[nH]c(N)c[n+]1CC1CC1. The maximum absolute atomic E-state index is 5.60. The van der Waals surface area contributed by atoms with Gasteiger partial charge < -0.3 is 5.73 Å². The number of nitrogens with zero attached hydrogens (tertiary/aromatic N) is 1. The number of imidazole rings is 1. The van der Waals surface area contributed by atoms with Crippen LogP contribution in [0.1, 0.15) is 18.7 Å². The number of aromatic nitrogens is 2. The van der Waals surface area contributed by atoms with Gasteiger partial charge in [-0.25, -0.2) is 9.55 Å². The smallest absolute Gasteiger partial charge is 0.252 e. The fourth-order valence-corrected chi connectivity index (χ4v) is 1.35. The van der Waals surface area contributed by atoms with E-state index >= 15 is 0 Å². The van der Waals surface area contributed by atoms with Crippen molar-refractivity contribution in [3.63, 3.8) is 0 Å². The lowest BCUT2D eigenvalue weighted by atomic mass is 10.4. The molecule has 0 radical (unpaired) electrons. The summed E-state index contributed by atoms with van der Waals surface area (Å²) in [5, 5.41) is 0. The Kier molecular flexibility index (Phi) is 1.37. The molecule has 0 saturated heterocycles. The summed E-state index contributed by atoms with van der Waals surface area (Å²) in [6, 6.07) is 0. The van der Waals surface area contributed by atoms with Gasteiger partial charge in [0.25, 0.3) is 5.82 Å². The van der Waals surface area contributed by atoms with Gasteiger partial charge in [-0.3, -0.25) is 0 Å². The van der Waals surface area contributed by atoms with Crippen LogP contribution in [0.25, 0.3) is 0 Å². The molecule has 3 heteroatoms. The molecule has 3 nitrogen and oxygen atoms in total. The second kappa shape index (κ2) is 2.26. The Morgan fingerprint density at radius 2 is 2.45 bits per heavy atom. The average molecular weight is 152 g/mol. The summed E-state index contributed by atoms with van der Waals surface area (Å²) in [5.41, 5.74) is 5.60. The van der Waals surface area contributed by atoms with Crippen molar-refractivity contribution in [3.05, 3.63) is 12.0 Å². The summed E-state index contributed by atoms with van der Waals surface area (Å²) in [4.78, 5) is 3.08. The zero-order valence-electron chi connectivity index (χ0n) is 6.80. The van der Waals surface area contributed by atoms with Crippen molar-refractivity contribution in [3.8, 4) is 0 Å². The highest BCUT2D eigenvalue weighted by molar-refractivity contribution is 5.20. The van der Waals surface area contributed by atoms with Gasteiger partial charge in [0.2, 0.25) is 5.82 Å². The lowest BCUT2D eigenvalue weighted by molar-refractivity contribution is -0.704. The van der Waals surface area contributed by atoms with Gasteiger partial charge in [-0.1, -0.05) is 0 Å². The van der Waals surface area contributed by atoms with Gasteiger partial charge in [-0.15, -0.1) is 0 Å². The van der Waals surface area contributed by atoms with E-state index in [0.29, 0.717) is 0 Å². The summed E-state index contributed by atoms with van der Waals surface area (Å²) < 4.78 is 2.20. The number of anilines is 1. The van der Waals surface area contributed by atoms with E-state index in [4.69, 9.17) is 5.73 Å². The fourth-order valence-electron chi connectivity index (χ4n) is 1.35. The van der Waals surface area contributed by atoms with E-state index in [0.717, 1.165) is 24.1 Å². The lowest BCUT2D eigenvalue weighted by Crippen LogP contribution is -2.35. The number of nitrogen functional groups attached to an aromatic ring is 1. The number of aromatic amines is 1. The maximum atomic E-state index is 5.60. The molecule has 1 aromatic rings. The van der Waals surface area contributed by atoms with E-state index < -0.39 is 0 Å². The Balaban J connectivity index is 2.14. The summed E-state index contributed by atoms with van der Waals surface area (Å²) >= 11 is 0. The van der Waals surface area contributed by atoms with Gasteiger partial charge in [-0.05, 0) is 18.8 Å². The Hall–Kier alpha value is -0.990. The number of rotatable bonds is 2. The Labute approximate surface area is 66.2 Å². The molecule has 1 heterocycles. The molecule has 0 atom stereocenters. The van der Waals surface area contributed by atoms with Gasteiger partial charge in [-0.2, -0.15) is 0 Å². The number of nitrogens with two attached hydrogens (primary N) is 1. The second-order valence-corrected chi connectivity index (χ2v) is 3.39. The molecule has 11 heavy (non-hydrogen) atoms. The van der Waals surface area contributed by atoms with Crippen molar-refractivity contribution in [2.75, 3.05) is 5.73 Å². The van der Waals surface area contributed by atoms with E-state index in [1.165, 1.54) is 12.8 Å². The van der Waals surface area contributed by atoms with Gasteiger partial charge in [0.15, 0.2) is 6.20 Å². The highest BCUT2D eigenvalue weighted by Gasteiger charge is 2.25. The largest absolute Gasteiger partial charge is 0.363 e. The van der Waals surface area contributed by atoms with Crippen molar-refractivity contribution in [1.82, 2.24) is 4.98 Å². The minimum absolute atomic E-state index is 0.767. The summed E-state index contributed by atoms with van der Waals surface area (Å²) in [6.45, 7) is 3.19. The highest BCUT2D eigenvalue weighted by atomic mass is 15.1. The molecule has 1 aromatic heterocycles. The van der Waals surface area contributed by atoms with Crippen molar-refractivity contribution < 1.29 is 4.57 Å². The zero-order valence-corrected chi connectivity index (χ0v) is 6.80. The Bertz CT molecular complexity index is 260. The van der Waals surface area contributed by atoms with Crippen molar-refractivity contribution >= 4 is 5.82 Å². The molecule has 0 spiro atoms. The van der Waals surface area contributed by atoms with Crippen molar-refractivity contribution in [2.45, 2.75) is 26.3 Å². The molecule has 1 aliphatic rings. The molecule has 3 N–H and O–H groups in total. The topological polar surface area (TPSA) is 45.7 Å². The van der Waals surface area contributed by atoms with Crippen LogP contribution in [0, 0.1) is 12.8 Å². The van der Waals surface area contributed by atoms with Crippen LogP contribution in [0.5, 0.6) is 0 Å². The van der Waals surface area contributed by atoms with Crippen LogP contribution in [0.2, 0.25) is 0 Å². The monoisotopic (exact) mass is 152 g/mol. The zero-order chi connectivity index (χ0) is 7.84. The minimum Gasteiger partial charge on any atom is -0.363 e.